The molecule has 2 unspecified atom stereocenters. The molecule has 8 nitrogen and oxygen atoms in total. The van der Waals surface area contributed by atoms with Gasteiger partial charge in [0.2, 0.25) is 0 Å². The third kappa shape index (κ3) is 4.34. The number of hydrogen-bond acceptors (Lipinski definition) is 5. The average Bonchev–Trinajstić information content (AvgIpc) is 2.63. The quantitative estimate of drug-likeness (QED) is 0.774. The molecular formula is C17H22N6O2. The van der Waals surface area contributed by atoms with E-state index in [1.54, 1.807) is 18.6 Å². The van der Waals surface area contributed by atoms with Crippen molar-refractivity contribution in [2.75, 3.05) is 18.0 Å². The Bertz CT molecular complexity index is 763. The Labute approximate surface area is 145 Å². The molecule has 132 valence electrons. The highest BCUT2D eigenvalue weighted by Crippen LogP contribution is 2.15. The maximum Gasteiger partial charge on any atom is 0.315 e. The molecule has 3 rings (SSSR count). The van der Waals surface area contributed by atoms with Crippen molar-refractivity contribution < 1.29 is 4.79 Å². The molecule has 0 saturated carbocycles. The fourth-order valence-electron chi connectivity index (χ4n) is 3.00. The lowest BCUT2D eigenvalue weighted by Crippen LogP contribution is -2.51. The number of rotatable bonds is 4. The van der Waals surface area contributed by atoms with Gasteiger partial charge in [0.15, 0.2) is 5.82 Å². The first-order valence-electron chi connectivity index (χ1n) is 8.39. The van der Waals surface area contributed by atoms with E-state index in [2.05, 4.69) is 25.6 Å². The number of aromatic amines is 1. The fourth-order valence-corrected chi connectivity index (χ4v) is 3.00. The first-order valence-corrected chi connectivity index (χ1v) is 8.39. The lowest BCUT2D eigenvalue weighted by Gasteiger charge is -2.33. The van der Waals surface area contributed by atoms with Gasteiger partial charge in [0.25, 0.3) is 5.56 Å². The van der Waals surface area contributed by atoms with Gasteiger partial charge in [-0.25, -0.2) is 9.78 Å². The predicted octanol–water partition coefficient (Wildman–Crippen LogP) is 1.19. The largest absolute Gasteiger partial charge is 0.350 e. The molecule has 0 aromatic carbocycles. The molecule has 1 aliphatic heterocycles. The van der Waals surface area contributed by atoms with Crippen LogP contribution in [0.15, 0.2) is 41.7 Å². The number of carbonyl (C=O) groups excluding carboxylic acids is 1. The summed E-state index contributed by atoms with van der Waals surface area (Å²) in [6, 6.07) is 3.38. The van der Waals surface area contributed by atoms with Crippen LogP contribution in [-0.4, -0.2) is 40.1 Å². The number of pyridine rings is 1. The molecule has 0 aliphatic carbocycles. The standard InChI is InChI=1S/C17H22N6O2/c1-12(13-4-2-6-18-10-13)21-17(25)22-14-5-3-9-23(11-14)15-16(24)20-8-7-19-15/h2,4,6-8,10,12,14H,3,5,9,11H2,1H3,(H,20,24)(H2,21,22,25). The van der Waals surface area contributed by atoms with Crippen LogP contribution in [0.25, 0.3) is 0 Å². The highest BCUT2D eigenvalue weighted by molar-refractivity contribution is 5.74. The first kappa shape index (κ1) is 16.9. The highest BCUT2D eigenvalue weighted by Gasteiger charge is 2.24. The Morgan fingerprint density at radius 1 is 1.44 bits per heavy atom. The van der Waals surface area contributed by atoms with E-state index in [0.717, 1.165) is 24.9 Å². The molecular weight excluding hydrogens is 320 g/mol. The molecule has 3 heterocycles. The van der Waals surface area contributed by atoms with Crippen molar-refractivity contribution in [3.05, 3.63) is 52.8 Å². The molecule has 8 heteroatoms. The number of piperidine rings is 1. The van der Waals surface area contributed by atoms with E-state index in [9.17, 15) is 9.59 Å². The van der Waals surface area contributed by atoms with Crippen LogP contribution in [0.5, 0.6) is 0 Å². The minimum absolute atomic E-state index is 0.0312. The first-order chi connectivity index (χ1) is 12.1. The second kappa shape index (κ2) is 7.78. The third-order valence-corrected chi connectivity index (χ3v) is 4.28. The van der Waals surface area contributed by atoms with Gasteiger partial charge in [0, 0.05) is 43.9 Å². The number of H-pyrrole nitrogens is 1. The minimum Gasteiger partial charge on any atom is -0.350 e. The van der Waals surface area contributed by atoms with Crippen molar-refractivity contribution in [3.8, 4) is 0 Å². The van der Waals surface area contributed by atoms with Gasteiger partial charge in [0.05, 0.1) is 6.04 Å². The maximum absolute atomic E-state index is 12.3. The molecule has 2 aromatic heterocycles. The summed E-state index contributed by atoms with van der Waals surface area (Å²) in [4.78, 5) is 36.9. The van der Waals surface area contributed by atoms with Gasteiger partial charge in [-0.3, -0.25) is 9.78 Å². The molecule has 1 aliphatic rings. The Hall–Kier alpha value is -2.90. The average molecular weight is 342 g/mol. The maximum atomic E-state index is 12.3. The molecule has 0 bridgehead atoms. The molecule has 2 atom stereocenters. The Balaban J connectivity index is 1.56. The Kier molecular flexibility index (Phi) is 5.27. The lowest BCUT2D eigenvalue weighted by atomic mass is 10.1. The second-order valence-corrected chi connectivity index (χ2v) is 6.15. The summed E-state index contributed by atoms with van der Waals surface area (Å²) in [6.45, 7) is 3.23. The van der Waals surface area contributed by atoms with E-state index >= 15 is 0 Å². The van der Waals surface area contributed by atoms with Crippen molar-refractivity contribution >= 4 is 11.8 Å². The van der Waals surface area contributed by atoms with Crippen molar-refractivity contribution in [2.45, 2.75) is 31.8 Å². The van der Waals surface area contributed by atoms with Gasteiger partial charge >= 0.3 is 6.03 Å². The zero-order valence-corrected chi connectivity index (χ0v) is 14.1. The van der Waals surface area contributed by atoms with Crippen molar-refractivity contribution in [2.24, 2.45) is 0 Å². The van der Waals surface area contributed by atoms with Gasteiger partial charge in [0.1, 0.15) is 0 Å². The number of nitrogens with one attached hydrogen (secondary N) is 3. The number of anilines is 1. The molecule has 2 amide bonds. The van der Waals surface area contributed by atoms with Gasteiger partial charge in [-0.2, -0.15) is 0 Å². The van der Waals surface area contributed by atoms with Crippen LogP contribution in [0, 0.1) is 0 Å². The summed E-state index contributed by atoms with van der Waals surface area (Å²) in [5, 5.41) is 5.90. The third-order valence-electron chi connectivity index (χ3n) is 4.28. The van der Waals surface area contributed by atoms with Crippen LogP contribution in [-0.2, 0) is 0 Å². The molecule has 1 saturated heterocycles. The van der Waals surface area contributed by atoms with Gasteiger partial charge in [-0.1, -0.05) is 6.07 Å². The molecule has 25 heavy (non-hydrogen) atoms. The number of hydrogen-bond donors (Lipinski definition) is 3. The fraction of sp³-hybridized carbons (Fsp3) is 0.412. The van der Waals surface area contributed by atoms with Crippen LogP contribution >= 0.6 is 0 Å². The molecule has 0 radical (unpaired) electrons. The van der Waals surface area contributed by atoms with Crippen molar-refractivity contribution in [1.82, 2.24) is 25.6 Å². The molecule has 2 aromatic rings. The van der Waals surface area contributed by atoms with E-state index in [1.165, 1.54) is 6.20 Å². The van der Waals surface area contributed by atoms with Crippen molar-refractivity contribution in [1.29, 1.82) is 0 Å². The van der Waals surface area contributed by atoms with E-state index < -0.39 is 0 Å². The second-order valence-electron chi connectivity index (χ2n) is 6.15. The van der Waals surface area contributed by atoms with Crippen LogP contribution in [0.2, 0.25) is 0 Å². The number of carbonyl (C=O) groups is 1. The van der Waals surface area contributed by atoms with E-state index in [4.69, 9.17) is 0 Å². The molecule has 1 fully saturated rings. The summed E-state index contributed by atoms with van der Waals surface area (Å²) in [5.41, 5.74) is 0.737. The van der Waals surface area contributed by atoms with E-state index in [1.807, 2.05) is 24.0 Å². The SMILES string of the molecule is CC(NC(=O)NC1CCCN(c2ncc[nH]c2=O)C1)c1cccnc1. The molecule has 3 N–H and O–H groups in total. The Morgan fingerprint density at radius 3 is 3.08 bits per heavy atom. The normalized spacial score (nSPS) is 18.4. The van der Waals surface area contributed by atoms with Crippen LogP contribution < -0.4 is 21.1 Å². The van der Waals surface area contributed by atoms with Crippen LogP contribution in [0.4, 0.5) is 10.6 Å². The topological polar surface area (TPSA) is 103 Å². The van der Waals surface area contributed by atoms with E-state index in [-0.39, 0.29) is 23.7 Å². The van der Waals surface area contributed by atoms with Gasteiger partial charge < -0.3 is 20.5 Å². The zero-order valence-electron chi connectivity index (χ0n) is 14.1. The van der Waals surface area contributed by atoms with Crippen LogP contribution in [0.3, 0.4) is 0 Å². The molecule has 0 spiro atoms. The summed E-state index contributed by atoms with van der Waals surface area (Å²) in [6.07, 6.45) is 8.27. The number of amides is 2. The van der Waals surface area contributed by atoms with Gasteiger partial charge in [-0.15, -0.1) is 0 Å². The highest BCUT2D eigenvalue weighted by atomic mass is 16.2. The summed E-state index contributed by atoms with van der Waals surface area (Å²) >= 11 is 0. The number of nitrogens with zero attached hydrogens (tertiary/aromatic N) is 3. The summed E-state index contributed by atoms with van der Waals surface area (Å²) < 4.78 is 0. The van der Waals surface area contributed by atoms with Gasteiger partial charge in [-0.05, 0) is 31.4 Å². The zero-order chi connectivity index (χ0) is 17.6. The number of urea groups is 1. The Morgan fingerprint density at radius 2 is 2.32 bits per heavy atom. The smallest absolute Gasteiger partial charge is 0.315 e. The van der Waals surface area contributed by atoms with E-state index in [0.29, 0.717) is 12.4 Å². The lowest BCUT2D eigenvalue weighted by molar-refractivity contribution is 0.232. The van der Waals surface area contributed by atoms with Crippen LogP contribution in [0.1, 0.15) is 31.4 Å². The number of aromatic nitrogens is 3. The summed E-state index contributed by atoms with van der Waals surface area (Å²) in [7, 11) is 0. The minimum atomic E-state index is -0.224. The predicted molar refractivity (Wildman–Crippen MR) is 94.4 cm³/mol. The summed E-state index contributed by atoms with van der Waals surface area (Å²) in [5.74, 6) is 0.401. The van der Waals surface area contributed by atoms with Crippen molar-refractivity contribution in [3.63, 3.8) is 0 Å². The monoisotopic (exact) mass is 342 g/mol.